The number of aromatic nitrogens is 1. The number of benzene rings is 1. The molecule has 0 aliphatic carbocycles. The summed E-state index contributed by atoms with van der Waals surface area (Å²) >= 11 is 0. The first-order chi connectivity index (χ1) is 9.83. The molecule has 0 amide bonds. The molecule has 1 aromatic heterocycles. The molecule has 104 valence electrons. The molecule has 0 fully saturated rings. The van der Waals surface area contributed by atoms with Crippen molar-refractivity contribution >= 4 is 0 Å². The van der Waals surface area contributed by atoms with E-state index in [9.17, 15) is 4.39 Å². The van der Waals surface area contributed by atoms with Crippen molar-refractivity contribution < 1.29 is 13.9 Å². The van der Waals surface area contributed by atoms with Gasteiger partial charge in [0.05, 0.1) is 0 Å². The smallest absolute Gasteiger partial charge is 0.221 e. The molecule has 0 unspecified atom stereocenters. The van der Waals surface area contributed by atoms with Crippen molar-refractivity contribution in [2.45, 2.75) is 13.2 Å². The number of fused-ring (bicyclic) bond motifs is 1. The predicted octanol–water partition coefficient (Wildman–Crippen LogP) is 2.28. The fraction of sp³-hybridized carbons (Fsp3) is 0.267. The highest BCUT2D eigenvalue weighted by Gasteiger charge is 2.11. The second-order valence-electron chi connectivity index (χ2n) is 4.52. The predicted molar refractivity (Wildman–Crippen MR) is 72.2 cm³/mol. The van der Waals surface area contributed by atoms with Crippen molar-refractivity contribution in [2.24, 2.45) is 0 Å². The Bertz CT molecular complexity index is 604. The van der Waals surface area contributed by atoms with Gasteiger partial charge in [-0.15, -0.1) is 0 Å². The number of pyridine rings is 1. The van der Waals surface area contributed by atoms with Crippen LogP contribution in [0.5, 0.6) is 11.8 Å². The van der Waals surface area contributed by atoms with Crippen molar-refractivity contribution in [3.63, 3.8) is 0 Å². The lowest BCUT2D eigenvalue weighted by molar-refractivity contribution is 0.273. The summed E-state index contributed by atoms with van der Waals surface area (Å²) < 4.78 is 24.6. The maximum absolute atomic E-state index is 13.5. The average Bonchev–Trinajstić information content (AvgIpc) is 2.71. The molecule has 4 nitrogen and oxygen atoms in total. The van der Waals surface area contributed by atoms with E-state index in [0.717, 1.165) is 18.7 Å². The lowest BCUT2D eigenvalue weighted by Gasteiger charge is -2.09. The number of nitrogens with one attached hydrogen (secondary N) is 1. The zero-order valence-electron chi connectivity index (χ0n) is 10.9. The Kier molecular flexibility index (Phi) is 3.78. The Hall–Kier alpha value is -2.14. The number of hydrogen-bond acceptors (Lipinski definition) is 4. The van der Waals surface area contributed by atoms with Crippen molar-refractivity contribution in [3.05, 3.63) is 53.3 Å². The monoisotopic (exact) mass is 274 g/mol. The van der Waals surface area contributed by atoms with Crippen molar-refractivity contribution in [1.29, 1.82) is 0 Å². The Morgan fingerprint density at radius 2 is 2.15 bits per heavy atom. The second-order valence-corrected chi connectivity index (χ2v) is 4.52. The lowest BCUT2D eigenvalue weighted by Crippen LogP contribution is -2.16. The van der Waals surface area contributed by atoms with Gasteiger partial charge in [0.2, 0.25) is 11.8 Å². The first-order valence-electron chi connectivity index (χ1n) is 6.52. The fourth-order valence-electron chi connectivity index (χ4n) is 2.00. The Morgan fingerprint density at radius 3 is 3.05 bits per heavy atom. The van der Waals surface area contributed by atoms with E-state index in [2.05, 4.69) is 10.3 Å². The van der Waals surface area contributed by atoms with E-state index in [-0.39, 0.29) is 12.4 Å². The SMILES string of the molecule is Fc1ccccc1COc1ccc2c(n1)OCCNC2. The first kappa shape index (κ1) is 12.9. The Balaban J connectivity index is 1.72. The highest BCUT2D eigenvalue weighted by Crippen LogP contribution is 2.22. The maximum atomic E-state index is 13.5. The minimum absolute atomic E-state index is 0.150. The van der Waals surface area contributed by atoms with Gasteiger partial charge in [0.25, 0.3) is 0 Å². The maximum Gasteiger partial charge on any atom is 0.221 e. The second kappa shape index (κ2) is 5.88. The molecule has 1 aliphatic heterocycles. The quantitative estimate of drug-likeness (QED) is 0.932. The van der Waals surface area contributed by atoms with Crippen molar-refractivity contribution in [2.75, 3.05) is 13.2 Å². The van der Waals surface area contributed by atoms with Crippen LogP contribution >= 0.6 is 0 Å². The average molecular weight is 274 g/mol. The van der Waals surface area contributed by atoms with Gasteiger partial charge >= 0.3 is 0 Å². The van der Waals surface area contributed by atoms with Crippen LogP contribution in [0.25, 0.3) is 0 Å². The van der Waals surface area contributed by atoms with E-state index in [1.165, 1.54) is 6.07 Å². The molecule has 0 saturated carbocycles. The van der Waals surface area contributed by atoms with E-state index in [1.807, 2.05) is 6.07 Å². The summed E-state index contributed by atoms with van der Waals surface area (Å²) in [6.07, 6.45) is 0. The molecule has 1 N–H and O–H groups in total. The van der Waals surface area contributed by atoms with E-state index < -0.39 is 0 Å². The summed E-state index contributed by atoms with van der Waals surface area (Å²) in [6, 6.07) is 10.2. The van der Waals surface area contributed by atoms with Gasteiger partial charge in [-0.1, -0.05) is 18.2 Å². The van der Waals surface area contributed by atoms with E-state index >= 15 is 0 Å². The number of nitrogens with zero attached hydrogens (tertiary/aromatic N) is 1. The molecule has 0 spiro atoms. The molecule has 1 aliphatic rings. The third kappa shape index (κ3) is 2.88. The van der Waals surface area contributed by atoms with Crippen LogP contribution in [0.15, 0.2) is 36.4 Å². The van der Waals surface area contributed by atoms with E-state index in [0.29, 0.717) is 23.9 Å². The van der Waals surface area contributed by atoms with Crippen LogP contribution in [0.1, 0.15) is 11.1 Å². The molecule has 0 saturated heterocycles. The van der Waals surface area contributed by atoms with Gasteiger partial charge in [0, 0.05) is 30.3 Å². The summed E-state index contributed by atoms with van der Waals surface area (Å²) in [6.45, 7) is 2.26. The summed E-state index contributed by atoms with van der Waals surface area (Å²) in [5, 5.41) is 3.23. The Morgan fingerprint density at radius 1 is 1.25 bits per heavy atom. The molecule has 1 aromatic carbocycles. The van der Waals surface area contributed by atoms with Crippen molar-refractivity contribution in [3.8, 4) is 11.8 Å². The third-order valence-electron chi connectivity index (χ3n) is 3.08. The molecule has 20 heavy (non-hydrogen) atoms. The van der Waals surface area contributed by atoms with Gasteiger partial charge in [-0.05, 0) is 12.1 Å². The molecule has 2 aromatic rings. The summed E-state index contributed by atoms with van der Waals surface area (Å²) in [5.41, 5.74) is 1.51. The molecule has 3 rings (SSSR count). The zero-order valence-corrected chi connectivity index (χ0v) is 10.9. The highest BCUT2D eigenvalue weighted by molar-refractivity contribution is 5.31. The lowest BCUT2D eigenvalue weighted by atomic mass is 10.2. The van der Waals surface area contributed by atoms with Gasteiger partial charge in [0.1, 0.15) is 19.0 Å². The zero-order chi connectivity index (χ0) is 13.8. The normalized spacial score (nSPS) is 14.1. The van der Waals surface area contributed by atoms with Crippen LogP contribution in [-0.2, 0) is 13.2 Å². The van der Waals surface area contributed by atoms with Crippen molar-refractivity contribution in [1.82, 2.24) is 10.3 Å². The number of halogens is 1. The van der Waals surface area contributed by atoms with E-state index in [1.54, 1.807) is 24.3 Å². The van der Waals surface area contributed by atoms with Gasteiger partial charge in [-0.25, -0.2) is 4.39 Å². The van der Waals surface area contributed by atoms with E-state index in [4.69, 9.17) is 9.47 Å². The molecule has 0 atom stereocenters. The van der Waals surface area contributed by atoms with Gasteiger partial charge in [0.15, 0.2) is 0 Å². The first-order valence-corrected chi connectivity index (χ1v) is 6.52. The van der Waals surface area contributed by atoms with Crippen LogP contribution in [0.2, 0.25) is 0 Å². The number of hydrogen-bond donors (Lipinski definition) is 1. The topological polar surface area (TPSA) is 43.4 Å². The molecule has 5 heteroatoms. The fourth-order valence-corrected chi connectivity index (χ4v) is 2.00. The largest absolute Gasteiger partial charge is 0.476 e. The molecule has 2 heterocycles. The molecular weight excluding hydrogens is 259 g/mol. The van der Waals surface area contributed by atoms with Crippen LogP contribution in [0.3, 0.4) is 0 Å². The molecular formula is C15H15FN2O2. The van der Waals surface area contributed by atoms with Crippen LogP contribution in [0, 0.1) is 5.82 Å². The molecule has 0 radical (unpaired) electrons. The Labute approximate surface area is 116 Å². The van der Waals surface area contributed by atoms with Gasteiger partial charge < -0.3 is 14.8 Å². The summed E-state index contributed by atoms with van der Waals surface area (Å²) in [7, 11) is 0. The van der Waals surface area contributed by atoms with Crippen LogP contribution in [-0.4, -0.2) is 18.1 Å². The minimum atomic E-state index is -0.275. The van der Waals surface area contributed by atoms with Gasteiger partial charge in [-0.3, -0.25) is 0 Å². The van der Waals surface area contributed by atoms with Gasteiger partial charge in [-0.2, -0.15) is 4.98 Å². The van der Waals surface area contributed by atoms with Crippen LogP contribution < -0.4 is 14.8 Å². The third-order valence-corrected chi connectivity index (χ3v) is 3.08. The number of rotatable bonds is 3. The molecule has 0 bridgehead atoms. The minimum Gasteiger partial charge on any atom is -0.476 e. The number of ether oxygens (including phenoxy) is 2. The standard InChI is InChI=1S/C15H15FN2O2/c16-13-4-2-1-3-12(13)10-20-14-6-5-11-9-17-7-8-19-15(11)18-14/h1-6,17H,7-10H2. The summed E-state index contributed by atoms with van der Waals surface area (Å²) in [5.74, 6) is 0.748. The van der Waals surface area contributed by atoms with Crippen LogP contribution in [0.4, 0.5) is 4.39 Å². The highest BCUT2D eigenvalue weighted by atomic mass is 19.1. The summed E-state index contributed by atoms with van der Waals surface area (Å²) in [4.78, 5) is 4.31.